The summed E-state index contributed by atoms with van der Waals surface area (Å²) in [5, 5.41) is 3.95. The van der Waals surface area contributed by atoms with Gasteiger partial charge in [-0.25, -0.2) is 17.9 Å². The monoisotopic (exact) mass is 204 g/mol. The van der Waals surface area contributed by atoms with Crippen LogP contribution in [0.5, 0.6) is 0 Å². The summed E-state index contributed by atoms with van der Waals surface area (Å²) in [6.45, 7) is 1.38. The number of pyridine rings is 1. The van der Waals surface area contributed by atoms with Gasteiger partial charge in [-0.1, -0.05) is 0 Å². The van der Waals surface area contributed by atoms with Crippen molar-refractivity contribution in [3.8, 4) is 0 Å². The number of rotatable bonds is 2. The van der Waals surface area contributed by atoms with Gasteiger partial charge in [-0.2, -0.15) is 0 Å². The fraction of sp³-hybridized carbons (Fsp3) is 0.286. The number of aromatic nitrogens is 1. The number of sulfonamides is 1. The molecule has 0 amide bonds. The zero-order chi connectivity index (χ0) is 10.1. The SMILES string of the molecule is CC(c1cncc(F)c1)S(N)(=O)=O. The van der Waals surface area contributed by atoms with Crippen LogP contribution < -0.4 is 5.14 Å². The Balaban J connectivity index is 3.10. The summed E-state index contributed by atoms with van der Waals surface area (Å²) in [6.07, 6.45) is 2.28. The highest BCUT2D eigenvalue weighted by Crippen LogP contribution is 2.18. The van der Waals surface area contributed by atoms with Gasteiger partial charge < -0.3 is 0 Å². The minimum Gasteiger partial charge on any atom is -0.261 e. The molecular formula is C7H9FN2O2S. The van der Waals surface area contributed by atoms with Crippen molar-refractivity contribution in [2.45, 2.75) is 12.2 Å². The number of nitrogens with zero attached hydrogens (tertiary/aromatic N) is 1. The van der Waals surface area contributed by atoms with Crippen LogP contribution in [0.15, 0.2) is 18.5 Å². The maximum Gasteiger partial charge on any atom is 0.215 e. The van der Waals surface area contributed by atoms with Crippen molar-refractivity contribution in [2.75, 3.05) is 0 Å². The molecule has 2 N–H and O–H groups in total. The second-order valence-corrected chi connectivity index (χ2v) is 4.55. The van der Waals surface area contributed by atoms with Crippen LogP contribution >= 0.6 is 0 Å². The number of nitrogens with two attached hydrogens (primary N) is 1. The van der Waals surface area contributed by atoms with Gasteiger partial charge in [-0.3, -0.25) is 4.98 Å². The van der Waals surface area contributed by atoms with Gasteiger partial charge in [0.15, 0.2) is 0 Å². The van der Waals surface area contributed by atoms with Crippen molar-refractivity contribution in [1.29, 1.82) is 0 Å². The number of hydrogen-bond donors (Lipinski definition) is 1. The summed E-state index contributed by atoms with van der Waals surface area (Å²) in [4.78, 5) is 3.52. The van der Waals surface area contributed by atoms with E-state index in [1.165, 1.54) is 13.1 Å². The third-order valence-corrected chi connectivity index (χ3v) is 2.95. The largest absolute Gasteiger partial charge is 0.261 e. The molecule has 4 nitrogen and oxygen atoms in total. The first kappa shape index (κ1) is 10.1. The molecule has 0 aliphatic heterocycles. The third-order valence-electron chi connectivity index (χ3n) is 1.69. The first-order valence-corrected chi connectivity index (χ1v) is 5.14. The molecule has 72 valence electrons. The van der Waals surface area contributed by atoms with Gasteiger partial charge in [-0.15, -0.1) is 0 Å². The maximum absolute atomic E-state index is 12.6. The Bertz CT molecular complexity index is 405. The van der Waals surface area contributed by atoms with E-state index in [0.717, 1.165) is 12.3 Å². The molecule has 0 aromatic carbocycles. The molecule has 1 rings (SSSR count). The van der Waals surface area contributed by atoms with E-state index in [2.05, 4.69) is 4.98 Å². The summed E-state index contributed by atoms with van der Waals surface area (Å²) in [6, 6.07) is 1.10. The fourth-order valence-electron chi connectivity index (χ4n) is 0.840. The van der Waals surface area contributed by atoms with Crippen LogP contribution in [0.4, 0.5) is 4.39 Å². The molecule has 1 aromatic rings. The van der Waals surface area contributed by atoms with Gasteiger partial charge >= 0.3 is 0 Å². The molecule has 1 unspecified atom stereocenters. The number of primary sulfonamides is 1. The van der Waals surface area contributed by atoms with Gasteiger partial charge in [0.25, 0.3) is 0 Å². The van der Waals surface area contributed by atoms with Crippen LogP contribution in [0.2, 0.25) is 0 Å². The molecule has 0 fully saturated rings. The summed E-state index contributed by atoms with van der Waals surface area (Å²) in [5.41, 5.74) is 0.252. The Morgan fingerprint density at radius 1 is 1.54 bits per heavy atom. The highest BCUT2D eigenvalue weighted by Gasteiger charge is 2.18. The van der Waals surface area contributed by atoms with E-state index in [0.29, 0.717) is 0 Å². The van der Waals surface area contributed by atoms with E-state index in [4.69, 9.17) is 5.14 Å². The zero-order valence-corrected chi connectivity index (χ0v) is 7.75. The van der Waals surface area contributed by atoms with Crippen molar-refractivity contribution in [2.24, 2.45) is 5.14 Å². The minimum atomic E-state index is -3.68. The van der Waals surface area contributed by atoms with Crippen molar-refractivity contribution >= 4 is 10.0 Å². The van der Waals surface area contributed by atoms with E-state index in [-0.39, 0.29) is 5.56 Å². The third kappa shape index (κ3) is 2.46. The average molecular weight is 204 g/mol. The van der Waals surface area contributed by atoms with Gasteiger partial charge in [0.05, 0.1) is 11.4 Å². The molecule has 0 bridgehead atoms. The van der Waals surface area contributed by atoms with Crippen molar-refractivity contribution < 1.29 is 12.8 Å². The number of halogens is 1. The van der Waals surface area contributed by atoms with Gasteiger partial charge in [-0.05, 0) is 18.6 Å². The Labute approximate surface area is 75.6 Å². The summed E-state index contributed by atoms with van der Waals surface area (Å²) in [5.74, 6) is -0.576. The molecule has 6 heteroatoms. The standard InChI is InChI=1S/C7H9FN2O2S/c1-5(13(9,11)12)6-2-7(8)4-10-3-6/h2-5H,1H3,(H2,9,11,12). The van der Waals surface area contributed by atoms with Crippen LogP contribution in [0, 0.1) is 5.82 Å². The molecule has 13 heavy (non-hydrogen) atoms. The fourth-order valence-corrected chi connectivity index (χ4v) is 1.35. The Kier molecular flexibility index (Phi) is 2.63. The Morgan fingerprint density at radius 2 is 2.15 bits per heavy atom. The minimum absolute atomic E-state index is 0.252. The first-order valence-electron chi connectivity index (χ1n) is 3.53. The van der Waals surface area contributed by atoms with Crippen LogP contribution in [0.25, 0.3) is 0 Å². The molecule has 1 heterocycles. The summed E-state index contributed by atoms with van der Waals surface area (Å²) in [7, 11) is -3.68. The van der Waals surface area contributed by atoms with Gasteiger partial charge in [0.1, 0.15) is 5.82 Å². The predicted molar refractivity (Wildman–Crippen MR) is 45.7 cm³/mol. The van der Waals surface area contributed by atoms with Crippen LogP contribution in [-0.2, 0) is 10.0 Å². The lowest BCUT2D eigenvalue weighted by atomic mass is 10.2. The Morgan fingerprint density at radius 3 is 2.62 bits per heavy atom. The van der Waals surface area contributed by atoms with E-state index >= 15 is 0 Å². The topological polar surface area (TPSA) is 73.0 Å². The normalized spacial score (nSPS) is 14.1. The van der Waals surface area contributed by atoms with E-state index in [1.54, 1.807) is 0 Å². The second kappa shape index (κ2) is 3.39. The predicted octanol–water partition coefficient (Wildman–Crippen LogP) is 0.570. The van der Waals surface area contributed by atoms with E-state index < -0.39 is 21.1 Å². The van der Waals surface area contributed by atoms with Crippen LogP contribution in [0.1, 0.15) is 17.7 Å². The van der Waals surface area contributed by atoms with Crippen molar-refractivity contribution in [3.63, 3.8) is 0 Å². The number of hydrogen-bond acceptors (Lipinski definition) is 3. The van der Waals surface area contributed by atoms with Crippen LogP contribution in [-0.4, -0.2) is 13.4 Å². The molecule has 1 aromatic heterocycles. The lowest BCUT2D eigenvalue weighted by Gasteiger charge is -2.07. The lowest BCUT2D eigenvalue weighted by Crippen LogP contribution is -2.19. The lowest BCUT2D eigenvalue weighted by molar-refractivity contribution is 0.586. The van der Waals surface area contributed by atoms with E-state index in [1.807, 2.05) is 0 Å². The highest BCUT2D eigenvalue weighted by atomic mass is 32.2. The van der Waals surface area contributed by atoms with Gasteiger partial charge in [0.2, 0.25) is 10.0 Å². The summed E-state index contributed by atoms with van der Waals surface area (Å²) < 4.78 is 34.4. The smallest absolute Gasteiger partial charge is 0.215 e. The quantitative estimate of drug-likeness (QED) is 0.765. The zero-order valence-electron chi connectivity index (χ0n) is 6.94. The molecular weight excluding hydrogens is 195 g/mol. The van der Waals surface area contributed by atoms with Crippen LogP contribution in [0.3, 0.4) is 0 Å². The first-order chi connectivity index (χ1) is 5.91. The molecule has 0 aliphatic rings. The molecule has 0 saturated heterocycles. The average Bonchev–Trinajstić information content (AvgIpc) is 2.01. The van der Waals surface area contributed by atoms with Crippen molar-refractivity contribution in [3.05, 3.63) is 29.8 Å². The van der Waals surface area contributed by atoms with Gasteiger partial charge in [0, 0.05) is 6.20 Å². The molecule has 1 atom stereocenters. The van der Waals surface area contributed by atoms with E-state index in [9.17, 15) is 12.8 Å². The summed E-state index contributed by atoms with van der Waals surface area (Å²) >= 11 is 0. The van der Waals surface area contributed by atoms with Crippen molar-refractivity contribution in [1.82, 2.24) is 4.98 Å². The molecule has 0 saturated carbocycles. The maximum atomic E-state index is 12.6. The molecule has 0 radical (unpaired) electrons. The second-order valence-electron chi connectivity index (χ2n) is 2.67. The molecule has 0 aliphatic carbocycles. The highest BCUT2D eigenvalue weighted by molar-refractivity contribution is 7.89. The molecule has 0 spiro atoms. The Hall–Kier alpha value is -1.01.